The van der Waals surface area contributed by atoms with Crippen molar-refractivity contribution in [3.8, 4) is 0 Å². The zero-order chi connectivity index (χ0) is 11.7. The van der Waals surface area contributed by atoms with Crippen LogP contribution in [0, 0.1) is 0 Å². The van der Waals surface area contributed by atoms with Crippen molar-refractivity contribution >= 4 is 43.5 Å². The quantitative estimate of drug-likeness (QED) is 0.308. The molecular formula is C10H19BrO2S2. The van der Waals surface area contributed by atoms with Gasteiger partial charge in [-0.15, -0.1) is 0 Å². The Bertz CT molecular complexity index is 181. The number of carbonyl (C=O) groups excluding carboxylic acids is 1. The number of alkyl halides is 1. The van der Waals surface area contributed by atoms with Crippen LogP contribution < -0.4 is 0 Å². The van der Waals surface area contributed by atoms with Crippen molar-refractivity contribution in [2.75, 3.05) is 16.8 Å². The fourth-order valence-electron chi connectivity index (χ4n) is 0.817. The van der Waals surface area contributed by atoms with E-state index in [0.717, 1.165) is 23.3 Å². The standard InChI is InChI=1S/C10H19BrO2S2/c1-10(2,3)13-9(12)5-4-7-14-15-8-6-11/h4-8H2,1-3H3. The second kappa shape index (κ2) is 8.76. The fraction of sp³-hybridized carbons (Fsp3) is 0.900. The molecule has 0 spiro atoms. The van der Waals surface area contributed by atoms with Crippen molar-refractivity contribution in [1.29, 1.82) is 0 Å². The fourth-order valence-corrected chi connectivity index (χ4v) is 3.82. The lowest BCUT2D eigenvalue weighted by Crippen LogP contribution is -2.23. The Kier molecular flexibility index (Phi) is 9.14. The van der Waals surface area contributed by atoms with Gasteiger partial charge in [-0.25, -0.2) is 0 Å². The zero-order valence-electron chi connectivity index (χ0n) is 9.55. The molecule has 0 aromatic carbocycles. The van der Waals surface area contributed by atoms with Gasteiger partial charge in [-0.05, 0) is 27.2 Å². The highest BCUT2D eigenvalue weighted by atomic mass is 79.9. The maximum absolute atomic E-state index is 11.3. The summed E-state index contributed by atoms with van der Waals surface area (Å²) in [4.78, 5) is 11.3. The van der Waals surface area contributed by atoms with Crippen molar-refractivity contribution in [3.05, 3.63) is 0 Å². The molecule has 0 heterocycles. The number of ether oxygens (including phenoxy) is 1. The van der Waals surface area contributed by atoms with E-state index in [-0.39, 0.29) is 11.6 Å². The molecule has 90 valence electrons. The van der Waals surface area contributed by atoms with Gasteiger partial charge in [0.2, 0.25) is 0 Å². The van der Waals surface area contributed by atoms with Crippen molar-refractivity contribution in [2.24, 2.45) is 0 Å². The molecule has 0 saturated heterocycles. The first-order valence-corrected chi connectivity index (χ1v) is 8.59. The normalized spacial score (nSPS) is 11.5. The lowest BCUT2D eigenvalue weighted by molar-refractivity contribution is -0.154. The molecule has 0 N–H and O–H groups in total. The van der Waals surface area contributed by atoms with Gasteiger partial charge in [-0.2, -0.15) is 0 Å². The van der Waals surface area contributed by atoms with Crippen LogP contribution in [-0.4, -0.2) is 28.4 Å². The van der Waals surface area contributed by atoms with Crippen LogP contribution in [0.4, 0.5) is 0 Å². The zero-order valence-corrected chi connectivity index (χ0v) is 12.8. The number of hydrogen-bond acceptors (Lipinski definition) is 4. The van der Waals surface area contributed by atoms with Crippen LogP contribution in [0.15, 0.2) is 0 Å². The molecule has 0 unspecified atom stereocenters. The lowest BCUT2D eigenvalue weighted by Gasteiger charge is -2.19. The first-order valence-electron chi connectivity index (χ1n) is 4.98. The predicted octanol–water partition coefficient (Wildman–Crippen LogP) is 3.88. The first kappa shape index (κ1) is 15.7. The van der Waals surface area contributed by atoms with Gasteiger partial charge in [0.25, 0.3) is 0 Å². The van der Waals surface area contributed by atoms with Crippen molar-refractivity contribution in [1.82, 2.24) is 0 Å². The molecule has 0 radical (unpaired) electrons. The molecule has 15 heavy (non-hydrogen) atoms. The summed E-state index contributed by atoms with van der Waals surface area (Å²) in [5, 5.41) is 1.02. The summed E-state index contributed by atoms with van der Waals surface area (Å²) < 4.78 is 5.20. The molecule has 5 heteroatoms. The van der Waals surface area contributed by atoms with Gasteiger partial charge in [-0.1, -0.05) is 37.5 Å². The third-order valence-corrected chi connectivity index (χ3v) is 4.69. The summed E-state index contributed by atoms with van der Waals surface area (Å²) in [5.74, 6) is 2.03. The van der Waals surface area contributed by atoms with E-state index in [4.69, 9.17) is 4.74 Å². The van der Waals surface area contributed by atoms with Gasteiger partial charge in [0.05, 0.1) is 0 Å². The van der Waals surface area contributed by atoms with Gasteiger partial charge < -0.3 is 4.74 Å². The van der Waals surface area contributed by atoms with Gasteiger partial charge >= 0.3 is 5.97 Å². The van der Waals surface area contributed by atoms with Gasteiger partial charge in [0.15, 0.2) is 0 Å². The topological polar surface area (TPSA) is 26.3 Å². The van der Waals surface area contributed by atoms with Crippen LogP contribution in [0.25, 0.3) is 0 Å². The van der Waals surface area contributed by atoms with Crippen molar-refractivity contribution in [2.45, 2.75) is 39.2 Å². The summed E-state index contributed by atoms with van der Waals surface area (Å²) in [5.41, 5.74) is -0.352. The molecule has 0 aliphatic rings. The minimum Gasteiger partial charge on any atom is -0.460 e. The monoisotopic (exact) mass is 314 g/mol. The van der Waals surface area contributed by atoms with Gasteiger partial charge in [0, 0.05) is 23.3 Å². The van der Waals surface area contributed by atoms with Crippen LogP contribution in [0.5, 0.6) is 0 Å². The average Bonchev–Trinajstić information content (AvgIpc) is 2.08. The van der Waals surface area contributed by atoms with Crippen LogP contribution in [0.1, 0.15) is 33.6 Å². The second-order valence-electron chi connectivity index (χ2n) is 4.02. The Hall–Kier alpha value is 0.650. The molecule has 2 nitrogen and oxygen atoms in total. The molecule has 0 aromatic heterocycles. The van der Waals surface area contributed by atoms with E-state index in [1.54, 1.807) is 0 Å². The minimum absolute atomic E-state index is 0.0893. The third kappa shape index (κ3) is 12.6. The molecule has 0 bridgehead atoms. The highest BCUT2D eigenvalue weighted by molar-refractivity contribution is 9.09. The smallest absolute Gasteiger partial charge is 0.306 e. The molecular weight excluding hydrogens is 296 g/mol. The second-order valence-corrected chi connectivity index (χ2v) is 7.52. The van der Waals surface area contributed by atoms with Crippen LogP contribution >= 0.6 is 37.5 Å². The molecule has 0 fully saturated rings. The maximum Gasteiger partial charge on any atom is 0.306 e. The van der Waals surface area contributed by atoms with Crippen LogP contribution in [-0.2, 0) is 9.53 Å². The Balaban J connectivity index is 3.32. The predicted molar refractivity (Wildman–Crippen MR) is 73.8 cm³/mol. The molecule has 0 rings (SSSR count). The van der Waals surface area contributed by atoms with Crippen LogP contribution in [0.2, 0.25) is 0 Å². The molecule has 0 aliphatic heterocycles. The van der Waals surface area contributed by atoms with Gasteiger partial charge in [0.1, 0.15) is 5.60 Å². The third-order valence-electron chi connectivity index (χ3n) is 1.27. The highest BCUT2D eigenvalue weighted by Crippen LogP contribution is 2.22. The summed E-state index contributed by atoms with van der Waals surface area (Å²) in [6, 6.07) is 0. The number of carbonyl (C=O) groups is 1. The van der Waals surface area contributed by atoms with Gasteiger partial charge in [-0.3, -0.25) is 4.79 Å². The van der Waals surface area contributed by atoms with E-state index in [1.807, 2.05) is 42.4 Å². The van der Waals surface area contributed by atoms with Crippen molar-refractivity contribution < 1.29 is 9.53 Å². The summed E-state index contributed by atoms with van der Waals surface area (Å²) in [6.07, 6.45) is 1.42. The molecule has 0 aliphatic carbocycles. The number of hydrogen-bond donors (Lipinski definition) is 0. The number of esters is 1. The highest BCUT2D eigenvalue weighted by Gasteiger charge is 2.15. The molecule has 0 amide bonds. The van der Waals surface area contributed by atoms with Crippen LogP contribution in [0.3, 0.4) is 0 Å². The largest absolute Gasteiger partial charge is 0.460 e. The average molecular weight is 315 g/mol. The SMILES string of the molecule is CC(C)(C)OC(=O)CCCSSCCBr. The van der Waals surface area contributed by atoms with E-state index in [0.29, 0.717) is 6.42 Å². The Labute approximate surface area is 109 Å². The molecule has 0 aromatic rings. The Morgan fingerprint density at radius 1 is 1.27 bits per heavy atom. The molecule has 0 saturated carbocycles. The summed E-state index contributed by atoms with van der Waals surface area (Å²) in [6.45, 7) is 5.68. The van der Waals surface area contributed by atoms with Crippen molar-refractivity contribution in [3.63, 3.8) is 0 Å². The Morgan fingerprint density at radius 2 is 1.87 bits per heavy atom. The van der Waals surface area contributed by atoms with E-state index in [9.17, 15) is 4.79 Å². The van der Waals surface area contributed by atoms with E-state index in [1.165, 1.54) is 0 Å². The van der Waals surface area contributed by atoms with E-state index in [2.05, 4.69) is 15.9 Å². The number of rotatable bonds is 7. The summed E-state index contributed by atoms with van der Waals surface area (Å²) in [7, 11) is 3.65. The maximum atomic E-state index is 11.3. The van der Waals surface area contributed by atoms with E-state index < -0.39 is 0 Å². The Morgan fingerprint density at radius 3 is 2.40 bits per heavy atom. The minimum atomic E-state index is -0.352. The molecule has 0 atom stereocenters. The lowest BCUT2D eigenvalue weighted by atomic mass is 10.2. The first-order chi connectivity index (χ1) is 6.95. The van der Waals surface area contributed by atoms with E-state index >= 15 is 0 Å². The number of halogens is 1. The summed E-state index contributed by atoms with van der Waals surface area (Å²) >= 11 is 3.37.